The van der Waals surface area contributed by atoms with Crippen LogP contribution in [0.2, 0.25) is 5.02 Å². The van der Waals surface area contributed by atoms with Crippen LogP contribution in [0.3, 0.4) is 0 Å². The Morgan fingerprint density at radius 1 is 1.05 bits per heavy atom. The molecule has 2 aromatic carbocycles. The molecular weight excluding hydrogens is 288 g/mol. The van der Waals surface area contributed by atoms with Crippen LogP contribution in [0.15, 0.2) is 70.7 Å². The summed E-state index contributed by atoms with van der Waals surface area (Å²) in [5.74, 6) is 0.981. The number of halogens is 1. The zero-order chi connectivity index (χ0) is 13.8. The first-order valence-electron chi connectivity index (χ1n) is 6.31. The van der Waals surface area contributed by atoms with E-state index in [4.69, 9.17) is 11.6 Å². The molecule has 1 N–H and O–H groups in total. The number of nitrogens with zero attached hydrogens (tertiary/aromatic N) is 1. The number of rotatable bonds is 4. The van der Waals surface area contributed by atoms with Gasteiger partial charge in [0.25, 0.3) is 0 Å². The molecule has 3 rings (SSSR count). The lowest BCUT2D eigenvalue weighted by atomic mass is 10.1. The number of hydrogen-bond donors (Lipinski definition) is 1. The van der Waals surface area contributed by atoms with Gasteiger partial charge in [-0.15, -0.1) is 0 Å². The van der Waals surface area contributed by atoms with Crippen LogP contribution in [-0.4, -0.2) is 9.97 Å². The summed E-state index contributed by atoms with van der Waals surface area (Å²) in [6.07, 6.45) is 4.44. The quantitative estimate of drug-likeness (QED) is 0.749. The van der Waals surface area contributed by atoms with Gasteiger partial charge in [-0.1, -0.05) is 41.6 Å². The number of aromatic nitrogens is 2. The third-order valence-corrected chi connectivity index (χ3v) is 4.30. The van der Waals surface area contributed by atoms with Crippen molar-refractivity contribution in [3.05, 3.63) is 77.3 Å². The van der Waals surface area contributed by atoms with Crippen molar-refractivity contribution >= 4 is 23.4 Å². The predicted molar refractivity (Wildman–Crippen MR) is 83.4 cm³/mol. The molecule has 1 aromatic heterocycles. The van der Waals surface area contributed by atoms with Crippen LogP contribution >= 0.6 is 23.4 Å². The largest absolute Gasteiger partial charge is 0.348 e. The molecule has 20 heavy (non-hydrogen) atoms. The first kappa shape index (κ1) is 13.3. The number of H-pyrrole nitrogens is 1. The highest BCUT2D eigenvalue weighted by Gasteiger charge is 2.06. The molecule has 1 heterocycles. The van der Waals surface area contributed by atoms with Gasteiger partial charge in [0.05, 0.1) is 0 Å². The minimum Gasteiger partial charge on any atom is -0.348 e. The van der Waals surface area contributed by atoms with Crippen LogP contribution in [0, 0.1) is 0 Å². The van der Waals surface area contributed by atoms with E-state index in [9.17, 15) is 0 Å². The van der Waals surface area contributed by atoms with E-state index in [-0.39, 0.29) is 0 Å². The molecule has 100 valence electrons. The van der Waals surface area contributed by atoms with Gasteiger partial charge in [0.1, 0.15) is 5.82 Å². The molecule has 0 fully saturated rings. The topological polar surface area (TPSA) is 28.7 Å². The van der Waals surface area contributed by atoms with Crippen molar-refractivity contribution in [2.45, 2.75) is 16.2 Å². The summed E-state index contributed by atoms with van der Waals surface area (Å²) < 4.78 is 0. The number of imidazole rings is 1. The Morgan fingerprint density at radius 2 is 1.85 bits per heavy atom. The first-order valence-corrected chi connectivity index (χ1v) is 7.50. The van der Waals surface area contributed by atoms with Gasteiger partial charge in [0.15, 0.2) is 0 Å². The van der Waals surface area contributed by atoms with Gasteiger partial charge in [-0.2, -0.15) is 0 Å². The van der Waals surface area contributed by atoms with Crippen molar-refractivity contribution < 1.29 is 0 Å². The summed E-state index contributed by atoms with van der Waals surface area (Å²) in [7, 11) is 0. The van der Waals surface area contributed by atoms with Gasteiger partial charge in [-0.3, -0.25) is 0 Å². The van der Waals surface area contributed by atoms with Crippen LogP contribution in [0.5, 0.6) is 0 Å². The van der Waals surface area contributed by atoms with Crippen molar-refractivity contribution in [3.8, 4) is 0 Å². The number of benzene rings is 2. The lowest BCUT2D eigenvalue weighted by molar-refractivity contribution is 1.00. The van der Waals surface area contributed by atoms with Gasteiger partial charge in [0, 0.05) is 33.6 Å². The fraction of sp³-hybridized carbons (Fsp3) is 0.0625. The van der Waals surface area contributed by atoms with Crippen molar-refractivity contribution in [1.82, 2.24) is 9.97 Å². The molecule has 0 amide bonds. The summed E-state index contributed by atoms with van der Waals surface area (Å²) in [5, 5.41) is 0.762. The van der Waals surface area contributed by atoms with Crippen LogP contribution in [-0.2, 0) is 6.42 Å². The third kappa shape index (κ3) is 3.24. The molecule has 0 saturated heterocycles. The average molecular weight is 301 g/mol. The fourth-order valence-electron chi connectivity index (χ4n) is 1.95. The second-order valence-corrected chi connectivity index (χ2v) is 5.93. The van der Waals surface area contributed by atoms with Crippen LogP contribution in [0.4, 0.5) is 0 Å². The van der Waals surface area contributed by atoms with E-state index in [1.54, 1.807) is 18.0 Å². The van der Waals surface area contributed by atoms with Gasteiger partial charge in [-0.05, 0) is 35.9 Å². The monoisotopic (exact) mass is 300 g/mol. The highest BCUT2D eigenvalue weighted by Crippen LogP contribution is 2.31. The predicted octanol–water partition coefficient (Wildman–Crippen LogP) is 4.81. The SMILES string of the molecule is Clc1ccc(Sc2ccccc2Cc2ncc[nH]2)cc1. The molecule has 0 aliphatic rings. The third-order valence-electron chi connectivity index (χ3n) is 2.93. The number of hydrogen-bond acceptors (Lipinski definition) is 2. The molecule has 0 unspecified atom stereocenters. The zero-order valence-electron chi connectivity index (χ0n) is 10.7. The van der Waals surface area contributed by atoms with Crippen LogP contribution < -0.4 is 0 Å². The molecule has 0 aliphatic carbocycles. The van der Waals surface area contributed by atoms with Crippen molar-refractivity contribution in [3.63, 3.8) is 0 Å². The minimum atomic E-state index is 0.762. The molecule has 0 atom stereocenters. The summed E-state index contributed by atoms with van der Waals surface area (Å²) in [5.41, 5.74) is 1.27. The Morgan fingerprint density at radius 3 is 2.60 bits per heavy atom. The summed E-state index contributed by atoms with van der Waals surface area (Å²) >= 11 is 7.66. The molecular formula is C16H13ClN2S. The Kier molecular flexibility index (Phi) is 4.09. The van der Waals surface area contributed by atoms with Crippen molar-refractivity contribution in [2.24, 2.45) is 0 Å². The Hall–Kier alpha value is -1.71. The summed E-state index contributed by atoms with van der Waals surface area (Å²) in [6.45, 7) is 0. The fourth-order valence-corrected chi connectivity index (χ4v) is 3.02. The van der Waals surface area contributed by atoms with Gasteiger partial charge in [0.2, 0.25) is 0 Å². The van der Waals surface area contributed by atoms with Crippen LogP contribution in [0.25, 0.3) is 0 Å². The normalized spacial score (nSPS) is 10.7. The molecule has 0 radical (unpaired) electrons. The molecule has 2 nitrogen and oxygen atoms in total. The van der Waals surface area contributed by atoms with E-state index in [0.717, 1.165) is 17.3 Å². The minimum absolute atomic E-state index is 0.762. The number of nitrogens with one attached hydrogen (secondary N) is 1. The summed E-state index contributed by atoms with van der Waals surface area (Å²) in [6, 6.07) is 16.3. The van der Waals surface area contributed by atoms with Crippen molar-refractivity contribution in [2.75, 3.05) is 0 Å². The molecule has 3 aromatic rings. The molecule has 4 heteroatoms. The molecule has 0 aliphatic heterocycles. The lowest BCUT2D eigenvalue weighted by Gasteiger charge is -2.08. The highest BCUT2D eigenvalue weighted by atomic mass is 35.5. The molecule has 0 bridgehead atoms. The maximum atomic E-state index is 5.92. The zero-order valence-corrected chi connectivity index (χ0v) is 12.3. The summed E-state index contributed by atoms with van der Waals surface area (Å²) in [4.78, 5) is 9.86. The Bertz CT molecular complexity index is 678. The highest BCUT2D eigenvalue weighted by molar-refractivity contribution is 7.99. The lowest BCUT2D eigenvalue weighted by Crippen LogP contribution is -1.92. The van der Waals surface area contributed by atoms with Gasteiger partial charge < -0.3 is 4.98 Å². The second-order valence-electron chi connectivity index (χ2n) is 4.38. The first-order chi connectivity index (χ1) is 9.81. The van der Waals surface area contributed by atoms with E-state index >= 15 is 0 Å². The second kappa shape index (κ2) is 6.16. The Labute approximate surface area is 127 Å². The van der Waals surface area contributed by atoms with Gasteiger partial charge >= 0.3 is 0 Å². The van der Waals surface area contributed by atoms with E-state index in [1.807, 2.05) is 30.5 Å². The molecule has 0 spiro atoms. The average Bonchev–Trinajstić information content (AvgIpc) is 2.96. The molecule has 0 saturated carbocycles. The van der Waals surface area contributed by atoms with E-state index < -0.39 is 0 Å². The Balaban J connectivity index is 1.84. The number of aromatic amines is 1. The maximum Gasteiger partial charge on any atom is 0.110 e. The maximum absolute atomic E-state index is 5.92. The standard InChI is InChI=1S/C16H13ClN2S/c17-13-5-7-14(8-6-13)20-15-4-2-1-3-12(15)11-16-18-9-10-19-16/h1-10H,11H2,(H,18,19). The van der Waals surface area contributed by atoms with E-state index in [1.165, 1.54) is 15.4 Å². The smallest absolute Gasteiger partial charge is 0.110 e. The van der Waals surface area contributed by atoms with E-state index in [0.29, 0.717) is 0 Å². The van der Waals surface area contributed by atoms with E-state index in [2.05, 4.69) is 34.2 Å². The van der Waals surface area contributed by atoms with Crippen molar-refractivity contribution in [1.29, 1.82) is 0 Å². The van der Waals surface area contributed by atoms with Gasteiger partial charge in [-0.25, -0.2) is 4.98 Å². The van der Waals surface area contributed by atoms with Crippen LogP contribution in [0.1, 0.15) is 11.4 Å².